The predicted octanol–water partition coefficient (Wildman–Crippen LogP) is 3.35. The summed E-state index contributed by atoms with van der Waals surface area (Å²) in [5.74, 6) is -0.259. The van der Waals surface area contributed by atoms with Crippen molar-refractivity contribution < 1.29 is 9.53 Å². The number of hydrogen-bond donors (Lipinski definition) is 1. The average molecular weight is 344 g/mol. The van der Waals surface area contributed by atoms with Crippen LogP contribution in [0.5, 0.6) is 0 Å². The van der Waals surface area contributed by atoms with E-state index in [-0.39, 0.29) is 5.97 Å². The topological polar surface area (TPSA) is 52.3 Å². The lowest BCUT2D eigenvalue weighted by molar-refractivity contribution is -0.149. The number of carbonyl (C=O) groups excluding carboxylic acids is 1. The zero-order chi connectivity index (χ0) is 13.9. The van der Waals surface area contributed by atoms with Crippen molar-refractivity contribution in [3.63, 3.8) is 0 Å². The molecule has 2 atom stereocenters. The Morgan fingerprint density at radius 3 is 3.00 bits per heavy atom. The van der Waals surface area contributed by atoms with Crippen LogP contribution < -0.4 is 5.73 Å². The first-order valence-electron chi connectivity index (χ1n) is 6.42. The Labute approximate surface area is 126 Å². The molecule has 2 unspecified atom stereocenters. The molecule has 1 fully saturated rings. The van der Waals surface area contributed by atoms with Gasteiger partial charge in [-0.1, -0.05) is 12.1 Å². The Bertz CT molecular complexity index is 469. The molecule has 0 saturated heterocycles. The van der Waals surface area contributed by atoms with Crippen molar-refractivity contribution in [2.24, 2.45) is 5.73 Å². The zero-order valence-corrected chi connectivity index (χ0v) is 13.3. The second kappa shape index (κ2) is 6.29. The van der Waals surface area contributed by atoms with Gasteiger partial charge in [0.05, 0.1) is 6.61 Å². The van der Waals surface area contributed by atoms with Crippen LogP contribution in [-0.2, 0) is 9.53 Å². The first-order chi connectivity index (χ1) is 9.05. The van der Waals surface area contributed by atoms with E-state index < -0.39 is 5.54 Å². The van der Waals surface area contributed by atoms with Crippen molar-refractivity contribution in [3.05, 3.63) is 28.7 Å². The summed E-state index contributed by atoms with van der Waals surface area (Å²) < 4.78 is 6.16. The molecule has 0 bridgehead atoms. The van der Waals surface area contributed by atoms with Crippen LogP contribution in [0.2, 0.25) is 0 Å². The van der Waals surface area contributed by atoms with Crippen LogP contribution in [0.3, 0.4) is 0 Å². The molecule has 0 spiro atoms. The van der Waals surface area contributed by atoms with E-state index in [1.807, 2.05) is 25.1 Å². The fourth-order valence-electron chi connectivity index (χ4n) is 2.31. The largest absolute Gasteiger partial charge is 0.465 e. The van der Waals surface area contributed by atoms with E-state index in [0.717, 1.165) is 10.9 Å². The first kappa shape index (κ1) is 14.9. The van der Waals surface area contributed by atoms with Crippen LogP contribution in [0.1, 0.15) is 26.2 Å². The second-order valence-electron chi connectivity index (χ2n) is 4.79. The molecule has 1 aliphatic carbocycles. The Morgan fingerprint density at radius 1 is 1.58 bits per heavy atom. The van der Waals surface area contributed by atoms with Crippen molar-refractivity contribution in [2.75, 3.05) is 6.61 Å². The molecule has 1 saturated carbocycles. The third kappa shape index (κ3) is 3.52. The Hall–Kier alpha value is -0.520. The minimum absolute atomic E-state index is 0.259. The van der Waals surface area contributed by atoms with Crippen LogP contribution >= 0.6 is 27.7 Å². The van der Waals surface area contributed by atoms with E-state index in [1.165, 1.54) is 4.90 Å². The summed E-state index contributed by atoms with van der Waals surface area (Å²) >= 11 is 5.32. The lowest BCUT2D eigenvalue weighted by Gasteiger charge is -2.21. The van der Waals surface area contributed by atoms with Crippen LogP contribution in [0.4, 0.5) is 0 Å². The molecule has 1 aromatic rings. The summed E-state index contributed by atoms with van der Waals surface area (Å²) in [6.07, 6.45) is 2.33. The number of rotatable bonds is 4. The Morgan fingerprint density at radius 2 is 2.32 bits per heavy atom. The summed E-state index contributed by atoms with van der Waals surface area (Å²) in [5, 5.41) is 0.369. The molecule has 1 aliphatic rings. The monoisotopic (exact) mass is 343 g/mol. The van der Waals surface area contributed by atoms with Gasteiger partial charge >= 0.3 is 5.97 Å². The molecule has 104 valence electrons. The molecule has 5 heteroatoms. The van der Waals surface area contributed by atoms with Gasteiger partial charge in [0.15, 0.2) is 0 Å². The number of nitrogens with two attached hydrogens (primary N) is 1. The van der Waals surface area contributed by atoms with Gasteiger partial charge in [-0.25, -0.2) is 0 Å². The number of benzene rings is 1. The van der Waals surface area contributed by atoms with Crippen LogP contribution in [0, 0.1) is 0 Å². The normalized spacial score (nSPS) is 26.4. The Balaban J connectivity index is 1.99. The zero-order valence-electron chi connectivity index (χ0n) is 10.9. The maximum atomic E-state index is 11.9. The molecule has 0 amide bonds. The van der Waals surface area contributed by atoms with Gasteiger partial charge < -0.3 is 10.5 Å². The molecule has 1 aromatic carbocycles. The van der Waals surface area contributed by atoms with E-state index in [0.29, 0.717) is 24.7 Å². The fourth-order valence-corrected chi connectivity index (χ4v) is 4.19. The van der Waals surface area contributed by atoms with E-state index in [9.17, 15) is 4.79 Å². The van der Waals surface area contributed by atoms with Crippen LogP contribution in [0.15, 0.2) is 33.6 Å². The van der Waals surface area contributed by atoms with Crippen molar-refractivity contribution in [1.29, 1.82) is 0 Å². The highest BCUT2D eigenvalue weighted by Gasteiger charge is 2.43. The van der Waals surface area contributed by atoms with Gasteiger partial charge in [0.25, 0.3) is 0 Å². The minimum Gasteiger partial charge on any atom is -0.465 e. The fraction of sp³-hybridized carbons (Fsp3) is 0.500. The van der Waals surface area contributed by atoms with Gasteiger partial charge in [-0.3, -0.25) is 4.79 Å². The molecule has 2 rings (SSSR count). The molecule has 2 N–H and O–H groups in total. The van der Waals surface area contributed by atoms with Gasteiger partial charge in [-0.05, 0) is 54.2 Å². The molecule has 0 heterocycles. The van der Waals surface area contributed by atoms with Gasteiger partial charge in [-0.2, -0.15) is 0 Å². The molecule has 0 aliphatic heterocycles. The van der Waals surface area contributed by atoms with Crippen molar-refractivity contribution in [2.45, 2.75) is 41.9 Å². The van der Waals surface area contributed by atoms with E-state index >= 15 is 0 Å². The molecule has 0 aromatic heterocycles. The molecular formula is C14H18BrNO2S. The van der Waals surface area contributed by atoms with Crippen LogP contribution in [-0.4, -0.2) is 23.4 Å². The number of ether oxygens (including phenoxy) is 1. The molecule has 19 heavy (non-hydrogen) atoms. The molecule has 0 radical (unpaired) electrons. The third-order valence-corrected chi connectivity index (χ3v) is 5.62. The molecular weight excluding hydrogens is 326 g/mol. The lowest BCUT2D eigenvalue weighted by atomic mass is 10.00. The summed E-state index contributed by atoms with van der Waals surface area (Å²) in [6.45, 7) is 2.20. The highest BCUT2D eigenvalue weighted by molar-refractivity contribution is 9.10. The minimum atomic E-state index is -0.797. The summed E-state index contributed by atoms with van der Waals surface area (Å²) in [4.78, 5) is 13.1. The van der Waals surface area contributed by atoms with Gasteiger partial charge in [0, 0.05) is 14.6 Å². The maximum Gasteiger partial charge on any atom is 0.326 e. The number of esters is 1. The number of carbonyl (C=O) groups is 1. The van der Waals surface area contributed by atoms with Crippen molar-refractivity contribution in [3.8, 4) is 0 Å². The highest BCUT2D eigenvalue weighted by Crippen LogP contribution is 2.41. The standard InChI is InChI=1S/C14H18BrNO2S/c1-2-18-13(17)14(16)8-7-10(9-14)19-12-6-4-3-5-11(12)15/h3-6,10H,2,7-9,16H2,1H3. The number of thioether (sulfide) groups is 1. The molecule has 3 nitrogen and oxygen atoms in total. The number of halogens is 1. The van der Waals surface area contributed by atoms with Crippen molar-refractivity contribution in [1.82, 2.24) is 0 Å². The predicted molar refractivity (Wildman–Crippen MR) is 81.2 cm³/mol. The smallest absolute Gasteiger partial charge is 0.326 e. The summed E-state index contributed by atoms with van der Waals surface area (Å²) in [5.41, 5.74) is 5.37. The van der Waals surface area contributed by atoms with E-state index in [4.69, 9.17) is 10.5 Å². The maximum absolute atomic E-state index is 11.9. The van der Waals surface area contributed by atoms with Gasteiger partial charge in [0.1, 0.15) is 5.54 Å². The van der Waals surface area contributed by atoms with Gasteiger partial charge in [-0.15, -0.1) is 11.8 Å². The van der Waals surface area contributed by atoms with Crippen LogP contribution in [0.25, 0.3) is 0 Å². The van der Waals surface area contributed by atoms with Gasteiger partial charge in [0.2, 0.25) is 0 Å². The third-order valence-electron chi connectivity index (χ3n) is 3.32. The van der Waals surface area contributed by atoms with E-state index in [1.54, 1.807) is 11.8 Å². The quantitative estimate of drug-likeness (QED) is 0.851. The van der Waals surface area contributed by atoms with Crippen molar-refractivity contribution >= 4 is 33.7 Å². The summed E-state index contributed by atoms with van der Waals surface area (Å²) in [7, 11) is 0. The number of hydrogen-bond acceptors (Lipinski definition) is 4. The SMILES string of the molecule is CCOC(=O)C1(N)CCC(Sc2ccccc2Br)C1. The van der Waals surface area contributed by atoms with E-state index in [2.05, 4.69) is 22.0 Å². The summed E-state index contributed by atoms with van der Waals surface area (Å²) in [6, 6.07) is 8.12. The Kier molecular flexibility index (Phi) is 4.92. The second-order valence-corrected chi connectivity index (χ2v) is 6.99. The highest BCUT2D eigenvalue weighted by atomic mass is 79.9. The first-order valence-corrected chi connectivity index (χ1v) is 8.10. The average Bonchev–Trinajstić information content (AvgIpc) is 2.76. The lowest BCUT2D eigenvalue weighted by Crippen LogP contribution is -2.47.